The molecule has 0 spiro atoms. The molecule has 1 aromatic carbocycles. The lowest BCUT2D eigenvalue weighted by atomic mass is 10.0. The van der Waals surface area contributed by atoms with Gasteiger partial charge in [0.25, 0.3) is 0 Å². The van der Waals surface area contributed by atoms with E-state index >= 15 is 0 Å². The first kappa shape index (κ1) is 7.35. The van der Waals surface area contributed by atoms with E-state index < -0.39 is 0 Å². The van der Waals surface area contributed by atoms with Crippen molar-refractivity contribution in [2.45, 2.75) is 6.42 Å². The Morgan fingerprint density at radius 2 is 2.25 bits per heavy atom. The van der Waals surface area contributed by atoms with E-state index in [-0.39, 0.29) is 5.82 Å². The molecule has 0 saturated heterocycles. The first-order valence-corrected chi connectivity index (χ1v) is 3.88. The summed E-state index contributed by atoms with van der Waals surface area (Å²) >= 11 is 0. The van der Waals surface area contributed by atoms with Crippen LogP contribution < -0.4 is 4.74 Å². The van der Waals surface area contributed by atoms with Gasteiger partial charge in [0.1, 0.15) is 11.6 Å². The molecular weight excluding hydrogens is 155 g/mol. The standard InChI is InChI=1S/C10H9FO/c1-7-4-5-12-10-6-8(11)2-3-9(7)10/h2-3,6H,1,4-5H2. The van der Waals surface area contributed by atoms with Crippen molar-refractivity contribution in [1.82, 2.24) is 0 Å². The van der Waals surface area contributed by atoms with Crippen molar-refractivity contribution < 1.29 is 9.13 Å². The predicted molar refractivity (Wildman–Crippen MR) is 45.5 cm³/mol. The van der Waals surface area contributed by atoms with E-state index in [9.17, 15) is 4.39 Å². The van der Waals surface area contributed by atoms with Gasteiger partial charge in [0.05, 0.1) is 6.61 Å². The third-order valence-corrected chi connectivity index (χ3v) is 1.99. The first-order valence-electron chi connectivity index (χ1n) is 3.88. The largest absolute Gasteiger partial charge is 0.493 e. The number of benzene rings is 1. The summed E-state index contributed by atoms with van der Waals surface area (Å²) in [6, 6.07) is 4.55. The van der Waals surface area contributed by atoms with Crippen LogP contribution in [0.5, 0.6) is 5.75 Å². The summed E-state index contributed by atoms with van der Waals surface area (Å²) in [5.74, 6) is 0.356. The molecule has 1 nitrogen and oxygen atoms in total. The maximum absolute atomic E-state index is 12.7. The molecular formula is C10H9FO. The van der Waals surface area contributed by atoms with Crippen molar-refractivity contribution in [2.75, 3.05) is 6.61 Å². The highest BCUT2D eigenvalue weighted by atomic mass is 19.1. The van der Waals surface area contributed by atoms with Gasteiger partial charge in [0.15, 0.2) is 0 Å². The lowest BCUT2D eigenvalue weighted by Crippen LogP contribution is -2.07. The fraction of sp³-hybridized carbons (Fsp3) is 0.200. The van der Waals surface area contributed by atoms with Gasteiger partial charge in [-0.05, 0) is 17.7 Å². The average molecular weight is 164 g/mol. The SMILES string of the molecule is C=C1CCOc2cc(F)ccc21. The third-order valence-electron chi connectivity index (χ3n) is 1.99. The molecule has 0 N–H and O–H groups in total. The summed E-state index contributed by atoms with van der Waals surface area (Å²) in [5.41, 5.74) is 1.96. The number of hydrogen-bond acceptors (Lipinski definition) is 1. The summed E-state index contributed by atoms with van der Waals surface area (Å²) in [6.45, 7) is 4.49. The molecule has 2 rings (SSSR count). The van der Waals surface area contributed by atoms with Crippen molar-refractivity contribution >= 4 is 5.57 Å². The topological polar surface area (TPSA) is 9.23 Å². The van der Waals surface area contributed by atoms with Gasteiger partial charge in [-0.15, -0.1) is 0 Å². The predicted octanol–water partition coefficient (Wildman–Crippen LogP) is 2.62. The van der Waals surface area contributed by atoms with Crippen molar-refractivity contribution in [2.24, 2.45) is 0 Å². The summed E-state index contributed by atoms with van der Waals surface area (Å²) in [6.07, 6.45) is 0.832. The smallest absolute Gasteiger partial charge is 0.129 e. The van der Waals surface area contributed by atoms with Crippen LogP contribution in [0.25, 0.3) is 5.57 Å². The number of ether oxygens (including phenoxy) is 1. The van der Waals surface area contributed by atoms with E-state index in [1.54, 1.807) is 6.07 Å². The summed E-state index contributed by atoms with van der Waals surface area (Å²) in [5, 5.41) is 0. The highest BCUT2D eigenvalue weighted by Crippen LogP contribution is 2.31. The zero-order valence-electron chi connectivity index (χ0n) is 6.64. The molecule has 1 aliphatic heterocycles. The van der Waals surface area contributed by atoms with Crippen LogP contribution in [0.15, 0.2) is 24.8 Å². The van der Waals surface area contributed by atoms with E-state index in [1.807, 2.05) is 0 Å². The van der Waals surface area contributed by atoms with E-state index in [4.69, 9.17) is 4.74 Å². The van der Waals surface area contributed by atoms with Gasteiger partial charge in [-0.3, -0.25) is 0 Å². The van der Waals surface area contributed by atoms with E-state index in [2.05, 4.69) is 6.58 Å². The monoisotopic (exact) mass is 164 g/mol. The highest BCUT2D eigenvalue weighted by Gasteiger charge is 2.13. The number of fused-ring (bicyclic) bond motifs is 1. The van der Waals surface area contributed by atoms with Crippen LogP contribution in [0.2, 0.25) is 0 Å². The minimum absolute atomic E-state index is 0.261. The second-order valence-corrected chi connectivity index (χ2v) is 2.84. The molecule has 1 heterocycles. The van der Waals surface area contributed by atoms with Crippen LogP contribution in [0.1, 0.15) is 12.0 Å². The summed E-state index contributed by atoms with van der Waals surface area (Å²) in [4.78, 5) is 0. The lowest BCUT2D eigenvalue weighted by molar-refractivity contribution is 0.315. The van der Waals surface area contributed by atoms with Crippen molar-refractivity contribution in [1.29, 1.82) is 0 Å². The van der Waals surface area contributed by atoms with Crippen LogP contribution in [0.4, 0.5) is 4.39 Å². The van der Waals surface area contributed by atoms with Gasteiger partial charge >= 0.3 is 0 Å². The first-order chi connectivity index (χ1) is 5.77. The number of rotatable bonds is 0. The molecule has 0 aromatic heterocycles. The van der Waals surface area contributed by atoms with E-state index in [0.717, 1.165) is 17.6 Å². The van der Waals surface area contributed by atoms with Crippen LogP contribution in [0.3, 0.4) is 0 Å². The Hall–Kier alpha value is -1.31. The van der Waals surface area contributed by atoms with Crippen molar-refractivity contribution in [3.63, 3.8) is 0 Å². The molecule has 0 bridgehead atoms. The molecule has 2 heteroatoms. The molecule has 1 aromatic rings. The maximum atomic E-state index is 12.7. The Labute approximate surface area is 70.5 Å². The lowest BCUT2D eigenvalue weighted by Gasteiger charge is -2.18. The minimum Gasteiger partial charge on any atom is -0.493 e. The molecule has 0 atom stereocenters. The Bertz CT molecular complexity index is 331. The van der Waals surface area contributed by atoms with Crippen LogP contribution in [0, 0.1) is 5.82 Å². The van der Waals surface area contributed by atoms with Crippen LogP contribution >= 0.6 is 0 Å². The van der Waals surface area contributed by atoms with Gasteiger partial charge in [0, 0.05) is 18.1 Å². The molecule has 12 heavy (non-hydrogen) atoms. The molecule has 62 valence electrons. The van der Waals surface area contributed by atoms with Crippen molar-refractivity contribution in [3.05, 3.63) is 36.2 Å². The van der Waals surface area contributed by atoms with Gasteiger partial charge < -0.3 is 4.74 Å². The molecule has 1 aliphatic rings. The van der Waals surface area contributed by atoms with Gasteiger partial charge in [0.2, 0.25) is 0 Å². The van der Waals surface area contributed by atoms with E-state index in [0.29, 0.717) is 12.4 Å². The second-order valence-electron chi connectivity index (χ2n) is 2.84. The minimum atomic E-state index is -0.261. The molecule has 0 aliphatic carbocycles. The zero-order valence-corrected chi connectivity index (χ0v) is 6.64. The third kappa shape index (κ3) is 1.09. The Morgan fingerprint density at radius 3 is 3.08 bits per heavy atom. The number of halogens is 1. The Morgan fingerprint density at radius 1 is 1.42 bits per heavy atom. The van der Waals surface area contributed by atoms with Gasteiger partial charge in [-0.1, -0.05) is 6.58 Å². The van der Waals surface area contributed by atoms with Gasteiger partial charge in [-0.25, -0.2) is 4.39 Å². The molecule has 0 unspecified atom stereocenters. The van der Waals surface area contributed by atoms with Gasteiger partial charge in [-0.2, -0.15) is 0 Å². The number of hydrogen-bond donors (Lipinski definition) is 0. The van der Waals surface area contributed by atoms with Crippen LogP contribution in [-0.2, 0) is 0 Å². The molecule has 0 amide bonds. The molecule has 0 radical (unpaired) electrons. The zero-order chi connectivity index (χ0) is 8.55. The fourth-order valence-corrected chi connectivity index (χ4v) is 1.33. The molecule has 0 saturated carbocycles. The van der Waals surface area contributed by atoms with Crippen molar-refractivity contribution in [3.8, 4) is 5.75 Å². The normalized spacial score (nSPS) is 15.2. The van der Waals surface area contributed by atoms with E-state index in [1.165, 1.54) is 12.1 Å². The summed E-state index contributed by atoms with van der Waals surface area (Å²) in [7, 11) is 0. The average Bonchev–Trinajstić information content (AvgIpc) is 2.04. The van der Waals surface area contributed by atoms with Crippen LogP contribution in [-0.4, -0.2) is 6.61 Å². The Balaban J connectivity index is 2.53. The fourth-order valence-electron chi connectivity index (χ4n) is 1.33. The summed E-state index contributed by atoms with van der Waals surface area (Å²) < 4.78 is 18.0. The maximum Gasteiger partial charge on any atom is 0.129 e. The highest BCUT2D eigenvalue weighted by molar-refractivity contribution is 5.70. The molecule has 0 fully saturated rings. The second kappa shape index (κ2) is 2.63. The Kier molecular flexibility index (Phi) is 1.61. The quantitative estimate of drug-likeness (QED) is 0.572.